The molecule has 1 aliphatic rings. The Balaban J connectivity index is 1.79. The minimum absolute atomic E-state index is 0.216. The number of rotatable bonds is 2. The summed E-state index contributed by atoms with van der Waals surface area (Å²) in [4.78, 5) is 0. The highest BCUT2D eigenvalue weighted by Crippen LogP contribution is 2.29. The summed E-state index contributed by atoms with van der Waals surface area (Å²) in [6.45, 7) is 6.86. The van der Waals surface area contributed by atoms with Crippen LogP contribution >= 0.6 is 0 Å². The van der Waals surface area contributed by atoms with Crippen molar-refractivity contribution in [1.29, 1.82) is 0 Å². The number of aryl methyl sites for hydroxylation is 3. The maximum Gasteiger partial charge on any atom is 0.243 e. The van der Waals surface area contributed by atoms with Gasteiger partial charge in [-0.05, 0) is 55.2 Å². The predicted molar refractivity (Wildman–Crippen MR) is 127 cm³/mol. The zero-order valence-electron chi connectivity index (χ0n) is 17.2. The lowest BCUT2D eigenvalue weighted by atomic mass is 9.37. The zero-order valence-corrected chi connectivity index (χ0v) is 17.2. The molecule has 0 saturated heterocycles. The molecule has 2 heteroatoms. The fourth-order valence-electron chi connectivity index (χ4n) is 5.05. The van der Waals surface area contributed by atoms with Crippen LogP contribution in [0, 0.1) is 20.8 Å². The van der Waals surface area contributed by atoms with E-state index in [9.17, 15) is 0 Å². The molecule has 0 aliphatic carbocycles. The van der Waals surface area contributed by atoms with Gasteiger partial charge < -0.3 is 5.73 Å². The van der Waals surface area contributed by atoms with E-state index < -0.39 is 0 Å². The van der Waals surface area contributed by atoms with E-state index >= 15 is 0 Å². The van der Waals surface area contributed by atoms with Crippen LogP contribution in [0.1, 0.15) is 16.7 Å². The number of hydrogen-bond donors (Lipinski definition) is 1. The van der Waals surface area contributed by atoms with Crippen LogP contribution in [-0.2, 0) is 0 Å². The van der Waals surface area contributed by atoms with Gasteiger partial charge in [-0.2, -0.15) is 0 Å². The molecule has 0 unspecified atom stereocenters. The van der Waals surface area contributed by atoms with Gasteiger partial charge in [-0.3, -0.25) is 0 Å². The van der Waals surface area contributed by atoms with Crippen LogP contribution in [0.5, 0.6) is 0 Å². The molecule has 0 saturated carbocycles. The van der Waals surface area contributed by atoms with Crippen molar-refractivity contribution in [3.8, 4) is 22.3 Å². The molecule has 0 radical (unpaired) electrons. The fourth-order valence-corrected chi connectivity index (χ4v) is 5.05. The molecule has 0 bridgehead atoms. The van der Waals surface area contributed by atoms with Gasteiger partial charge in [-0.15, -0.1) is 0 Å². The number of nitrogen functional groups attached to an aromatic ring is 1. The summed E-state index contributed by atoms with van der Waals surface area (Å²) in [5, 5.41) is 0. The largest absolute Gasteiger partial charge is 0.399 e. The molecule has 4 aromatic carbocycles. The quantitative estimate of drug-likeness (QED) is 0.361. The molecule has 0 atom stereocenters. The van der Waals surface area contributed by atoms with Crippen molar-refractivity contribution < 1.29 is 0 Å². The molecule has 0 amide bonds. The Labute approximate surface area is 173 Å². The Morgan fingerprint density at radius 1 is 0.621 bits per heavy atom. The van der Waals surface area contributed by atoms with E-state index in [0.717, 1.165) is 5.69 Å². The van der Waals surface area contributed by atoms with E-state index in [0.29, 0.717) is 0 Å². The first kappa shape index (κ1) is 17.8. The highest BCUT2D eigenvalue weighted by molar-refractivity contribution is 6.99. The molecular formula is C27H24BN. The van der Waals surface area contributed by atoms with Crippen LogP contribution < -0.4 is 22.1 Å². The molecule has 0 aromatic heterocycles. The second-order valence-corrected chi connectivity index (χ2v) is 8.26. The average Bonchev–Trinajstić information content (AvgIpc) is 3.01. The summed E-state index contributed by atoms with van der Waals surface area (Å²) in [5.41, 5.74) is 20.3. The molecule has 1 nitrogen and oxygen atoms in total. The summed E-state index contributed by atoms with van der Waals surface area (Å²) >= 11 is 0. The summed E-state index contributed by atoms with van der Waals surface area (Å²) in [6, 6.07) is 28.5. The smallest absolute Gasteiger partial charge is 0.243 e. The van der Waals surface area contributed by atoms with Gasteiger partial charge in [0.1, 0.15) is 0 Å². The van der Waals surface area contributed by atoms with Gasteiger partial charge in [-0.1, -0.05) is 99.8 Å². The highest BCUT2D eigenvalue weighted by Gasteiger charge is 2.35. The van der Waals surface area contributed by atoms with Crippen LogP contribution in [0.3, 0.4) is 0 Å². The molecule has 0 spiro atoms. The van der Waals surface area contributed by atoms with Crippen molar-refractivity contribution in [3.05, 3.63) is 95.6 Å². The Bertz CT molecular complexity index is 1220. The van der Waals surface area contributed by atoms with Gasteiger partial charge >= 0.3 is 0 Å². The molecule has 1 aliphatic heterocycles. The van der Waals surface area contributed by atoms with Crippen molar-refractivity contribution >= 4 is 28.8 Å². The molecule has 5 rings (SSSR count). The lowest BCUT2D eigenvalue weighted by molar-refractivity contribution is 1.35. The average molecular weight is 373 g/mol. The number of nitrogens with two attached hydrogens (primary N) is 1. The maximum absolute atomic E-state index is 6.23. The molecular weight excluding hydrogens is 349 g/mol. The van der Waals surface area contributed by atoms with E-state index in [1.165, 1.54) is 55.3 Å². The van der Waals surface area contributed by atoms with E-state index in [1.807, 2.05) is 6.07 Å². The molecule has 29 heavy (non-hydrogen) atoms. The van der Waals surface area contributed by atoms with Crippen molar-refractivity contribution in [3.63, 3.8) is 0 Å². The third-order valence-corrected chi connectivity index (χ3v) is 6.17. The summed E-state index contributed by atoms with van der Waals surface area (Å²) in [7, 11) is 0. The van der Waals surface area contributed by atoms with Crippen LogP contribution in [0.25, 0.3) is 22.3 Å². The predicted octanol–water partition coefficient (Wildman–Crippen LogP) is 4.36. The first-order valence-electron chi connectivity index (χ1n) is 10.2. The van der Waals surface area contributed by atoms with Gasteiger partial charge in [0.15, 0.2) is 0 Å². The Morgan fingerprint density at radius 3 is 1.93 bits per heavy atom. The zero-order chi connectivity index (χ0) is 20.1. The summed E-state index contributed by atoms with van der Waals surface area (Å²) < 4.78 is 0. The first-order chi connectivity index (χ1) is 14.0. The molecule has 4 aromatic rings. The lowest BCUT2D eigenvalue weighted by Crippen LogP contribution is -2.51. The lowest BCUT2D eigenvalue weighted by Gasteiger charge is -2.18. The van der Waals surface area contributed by atoms with Crippen molar-refractivity contribution in [1.82, 2.24) is 0 Å². The normalized spacial score (nSPS) is 12.0. The van der Waals surface area contributed by atoms with Crippen molar-refractivity contribution in [2.75, 3.05) is 5.73 Å². The summed E-state index contributed by atoms with van der Waals surface area (Å²) in [6.07, 6.45) is 0. The van der Waals surface area contributed by atoms with Gasteiger partial charge in [0, 0.05) is 5.69 Å². The first-order valence-corrected chi connectivity index (χ1v) is 10.2. The Hall–Kier alpha value is -3.26. The van der Waals surface area contributed by atoms with E-state index in [4.69, 9.17) is 5.73 Å². The molecule has 140 valence electrons. The molecule has 2 N–H and O–H groups in total. The van der Waals surface area contributed by atoms with E-state index in [1.54, 1.807) is 0 Å². The Morgan fingerprint density at radius 2 is 1.24 bits per heavy atom. The second-order valence-electron chi connectivity index (χ2n) is 8.26. The van der Waals surface area contributed by atoms with Crippen LogP contribution in [-0.4, -0.2) is 6.71 Å². The highest BCUT2D eigenvalue weighted by atomic mass is 14.5. The number of anilines is 1. The van der Waals surface area contributed by atoms with E-state index in [2.05, 4.69) is 93.6 Å². The third-order valence-electron chi connectivity index (χ3n) is 6.17. The van der Waals surface area contributed by atoms with Gasteiger partial charge in [0.25, 0.3) is 0 Å². The van der Waals surface area contributed by atoms with Crippen LogP contribution in [0.15, 0.2) is 78.9 Å². The monoisotopic (exact) mass is 373 g/mol. The Kier molecular flexibility index (Phi) is 4.10. The molecule has 0 fully saturated rings. The van der Waals surface area contributed by atoms with Crippen molar-refractivity contribution in [2.24, 2.45) is 0 Å². The minimum atomic E-state index is 0.216. The maximum atomic E-state index is 6.23. The third kappa shape index (κ3) is 2.87. The topological polar surface area (TPSA) is 26.0 Å². The molecule has 1 heterocycles. The second kappa shape index (κ2) is 6.67. The van der Waals surface area contributed by atoms with Gasteiger partial charge in [0.05, 0.1) is 0 Å². The number of benzene rings is 4. The summed E-state index contributed by atoms with van der Waals surface area (Å²) in [5.74, 6) is 0. The standard InChI is InChI=1S/C27H24BN/c1-17-13-18(2)27(19(3)14-17)28-25-15-21(20-7-5-4-6-8-20)9-11-23(25)24-12-10-22(29)16-26(24)28/h4-16H,29H2,1-3H3. The van der Waals surface area contributed by atoms with E-state index in [-0.39, 0.29) is 6.71 Å². The van der Waals surface area contributed by atoms with Crippen LogP contribution in [0.2, 0.25) is 0 Å². The SMILES string of the molecule is Cc1cc(C)c(B2c3cc(N)ccc3-c3ccc(-c4ccccc4)cc32)c(C)c1. The van der Waals surface area contributed by atoms with Gasteiger partial charge in [-0.25, -0.2) is 0 Å². The number of fused-ring (bicyclic) bond motifs is 3. The van der Waals surface area contributed by atoms with Crippen molar-refractivity contribution in [2.45, 2.75) is 20.8 Å². The van der Waals surface area contributed by atoms with Gasteiger partial charge in [0.2, 0.25) is 6.71 Å². The number of hydrogen-bond acceptors (Lipinski definition) is 1. The fraction of sp³-hybridized carbons (Fsp3) is 0.111. The van der Waals surface area contributed by atoms with Crippen LogP contribution in [0.4, 0.5) is 5.69 Å². The minimum Gasteiger partial charge on any atom is -0.399 e.